The van der Waals surface area contributed by atoms with Crippen LogP contribution >= 0.6 is 0 Å². The highest BCUT2D eigenvalue weighted by atomic mass is 16.2. The van der Waals surface area contributed by atoms with Gasteiger partial charge < -0.3 is 20.4 Å². The van der Waals surface area contributed by atoms with E-state index in [4.69, 9.17) is 11.0 Å². The zero-order chi connectivity index (χ0) is 24.4. The Balaban J connectivity index is 2.29. The minimum atomic E-state index is -0.124. The quantitative estimate of drug-likeness (QED) is 0.531. The number of nitrogen functional groups attached to an aromatic ring is 1. The van der Waals surface area contributed by atoms with Crippen LogP contribution < -0.4 is 15.5 Å². The van der Waals surface area contributed by atoms with Crippen LogP contribution in [0.2, 0.25) is 0 Å². The monoisotopic (exact) mass is 446 g/mol. The van der Waals surface area contributed by atoms with E-state index in [-0.39, 0.29) is 12.3 Å². The minimum absolute atomic E-state index is 0.0771. The largest absolute Gasteiger partial charge is 0.396 e. The van der Waals surface area contributed by atoms with E-state index in [1.54, 1.807) is 17.3 Å². The molecule has 0 spiro atoms. The van der Waals surface area contributed by atoms with Crippen LogP contribution in [0.1, 0.15) is 32.6 Å². The molecule has 7 nitrogen and oxygen atoms in total. The highest BCUT2D eigenvalue weighted by molar-refractivity contribution is 5.78. The molecule has 0 aliphatic carbocycles. The lowest BCUT2D eigenvalue weighted by atomic mass is 9.98. The fraction of sp³-hybridized carbons (Fsp3) is 0.346. The highest BCUT2D eigenvalue weighted by Crippen LogP contribution is 2.28. The molecule has 0 saturated heterocycles. The number of nitrogens with two attached hydrogens (primary N) is 1. The third-order valence-electron chi connectivity index (χ3n) is 5.67. The van der Waals surface area contributed by atoms with Gasteiger partial charge in [0.25, 0.3) is 0 Å². The number of anilines is 3. The van der Waals surface area contributed by atoms with Gasteiger partial charge in [-0.05, 0) is 36.3 Å². The van der Waals surface area contributed by atoms with Crippen LogP contribution in [0.5, 0.6) is 0 Å². The Morgan fingerprint density at radius 1 is 1.36 bits per heavy atom. The second kappa shape index (κ2) is 12.3. The first kappa shape index (κ1) is 25.5. The summed E-state index contributed by atoms with van der Waals surface area (Å²) in [5.41, 5.74) is 10.8. The molecule has 1 aliphatic heterocycles. The number of amides is 1. The number of hydrogen-bond donors (Lipinski definition) is 1. The standard InChI is InChI=1S/C26H34N6O/c1-6-9-22(31(5)25-18-24(30(4)8-3)23(28)19-29-25)11-10-20(7-2)21-13-16-32(17-14-21)26(33)12-15-27/h7-8,10-11,13,18-19H,2-3,6,9,12,14,16-17,28H2,1,4-5H3/b20-10+,22-11+. The van der Waals surface area contributed by atoms with Gasteiger partial charge in [0.1, 0.15) is 12.2 Å². The number of nitriles is 1. The van der Waals surface area contributed by atoms with Gasteiger partial charge in [-0.3, -0.25) is 4.79 Å². The van der Waals surface area contributed by atoms with E-state index in [9.17, 15) is 4.79 Å². The second-order valence-electron chi connectivity index (χ2n) is 7.84. The van der Waals surface area contributed by atoms with Gasteiger partial charge in [0, 0.05) is 38.9 Å². The maximum Gasteiger partial charge on any atom is 0.237 e. The van der Waals surface area contributed by atoms with E-state index in [0.29, 0.717) is 18.8 Å². The zero-order valence-corrected chi connectivity index (χ0v) is 19.9. The van der Waals surface area contributed by atoms with Crippen molar-refractivity contribution >= 4 is 23.1 Å². The van der Waals surface area contributed by atoms with Crippen LogP contribution in [0, 0.1) is 11.3 Å². The van der Waals surface area contributed by atoms with E-state index in [1.165, 1.54) is 0 Å². The van der Waals surface area contributed by atoms with E-state index < -0.39 is 0 Å². The Hall–Kier alpha value is -3.79. The summed E-state index contributed by atoms with van der Waals surface area (Å²) in [6.45, 7) is 11.1. The first-order valence-electron chi connectivity index (χ1n) is 11.1. The molecular formula is C26H34N6O. The van der Waals surface area contributed by atoms with E-state index in [1.807, 2.05) is 43.3 Å². The second-order valence-corrected chi connectivity index (χ2v) is 7.84. The molecule has 0 atom stereocenters. The fourth-order valence-corrected chi connectivity index (χ4v) is 3.63. The predicted molar refractivity (Wildman–Crippen MR) is 136 cm³/mol. The molecule has 7 heteroatoms. The molecule has 1 amide bonds. The fourth-order valence-electron chi connectivity index (χ4n) is 3.63. The Bertz CT molecular complexity index is 1010. The van der Waals surface area contributed by atoms with Gasteiger partial charge in [-0.15, -0.1) is 0 Å². The molecule has 2 heterocycles. The maximum absolute atomic E-state index is 11.9. The van der Waals surface area contributed by atoms with Gasteiger partial charge >= 0.3 is 0 Å². The molecule has 0 fully saturated rings. The van der Waals surface area contributed by atoms with Gasteiger partial charge in [0.2, 0.25) is 5.91 Å². The van der Waals surface area contributed by atoms with E-state index in [0.717, 1.165) is 47.6 Å². The molecule has 0 bridgehead atoms. The number of rotatable bonds is 10. The lowest BCUT2D eigenvalue weighted by molar-refractivity contribution is -0.129. The summed E-state index contributed by atoms with van der Waals surface area (Å²) >= 11 is 0. The lowest BCUT2D eigenvalue weighted by Gasteiger charge is -2.26. The van der Waals surface area contributed by atoms with Gasteiger partial charge in [0.05, 0.1) is 23.6 Å². The summed E-state index contributed by atoms with van der Waals surface area (Å²) in [5, 5.41) is 8.74. The first-order chi connectivity index (χ1) is 15.9. The topological polar surface area (TPSA) is 89.5 Å². The molecule has 1 aliphatic rings. The number of nitrogens with zero attached hydrogens (tertiary/aromatic N) is 5. The van der Waals surface area contributed by atoms with Crippen molar-refractivity contribution in [3.8, 4) is 6.07 Å². The number of aromatic nitrogens is 1. The summed E-state index contributed by atoms with van der Waals surface area (Å²) in [4.78, 5) is 22.1. The van der Waals surface area contributed by atoms with E-state index in [2.05, 4.69) is 42.1 Å². The molecule has 2 N–H and O–H groups in total. The third kappa shape index (κ3) is 6.59. The molecule has 0 radical (unpaired) electrons. The Morgan fingerprint density at radius 3 is 2.70 bits per heavy atom. The average Bonchev–Trinajstić information content (AvgIpc) is 2.83. The van der Waals surface area contributed by atoms with Gasteiger partial charge in [0.15, 0.2) is 0 Å². The van der Waals surface area contributed by atoms with Crippen LogP contribution in [0.15, 0.2) is 72.8 Å². The van der Waals surface area contributed by atoms with Crippen molar-refractivity contribution in [2.45, 2.75) is 32.6 Å². The van der Waals surface area contributed by atoms with Crippen LogP contribution in [-0.2, 0) is 4.79 Å². The van der Waals surface area contributed by atoms with Crippen molar-refractivity contribution in [1.82, 2.24) is 9.88 Å². The normalized spacial score (nSPS) is 14.2. The number of carbonyl (C=O) groups is 1. The van der Waals surface area contributed by atoms with Crippen molar-refractivity contribution in [2.75, 3.05) is 42.7 Å². The van der Waals surface area contributed by atoms with Crippen LogP contribution in [-0.4, -0.2) is 43.0 Å². The number of carbonyl (C=O) groups excluding carboxylic acids is 1. The Kier molecular flexibility index (Phi) is 9.49. The molecule has 174 valence electrons. The van der Waals surface area contributed by atoms with Crippen molar-refractivity contribution in [3.05, 3.63) is 72.8 Å². The summed E-state index contributed by atoms with van der Waals surface area (Å²) in [7, 11) is 3.90. The molecule has 0 aromatic carbocycles. The van der Waals surface area contributed by atoms with Crippen molar-refractivity contribution in [3.63, 3.8) is 0 Å². The average molecular weight is 447 g/mol. The first-order valence-corrected chi connectivity index (χ1v) is 11.1. The molecule has 0 saturated carbocycles. The molecule has 1 aromatic rings. The van der Waals surface area contributed by atoms with Crippen molar-refractivity contribution < 1.29 is 4.79 Å². The molecule has 1 aromatic heterocycles. The summed E-state index contributed by atoms with van der Waals surface area (Å²) < 4.78 is 0. The van der Waals surface area contributed by atoms with Gasteiger partial charge in [-0.1, -0.05) is 44.7 Å². The molecule has 0 unspecified atom stereocenters. The van der Waals surface area contributed by atoms with Gasteiger partial charge in [-0.25, -0.2) is 4.98 Å². The van der Waals surface area contributed by atoms with Crippen LogP contribution in [0.25, 0.3) is 0 Å². The molecular weight excluding hydrogens is 412 g/mol. The van der Waals surface area contributed by atoms with Crippen LogP contribution in [0.3, 0.4) is 0 Å². The van der Waals surface area contributed by atoms with Crippen LogP contribution in [0.4, 0.5) is 17.2 Å². The highest BCUT2D eigenvalue weighted by Gasteiger charge is 2.18. The van der Waals surface area contributed by atoms with E-state index >= 15 is 0 Å². The number of pyridine rings is 1. The van der Waals surface area contributed by atoms with Crippen molar-refractivity contribution in [2.24, 2.45) is 0 Å². The number of allylic oxidation sites excluding steroid dienone is 5. The Morgan fingerprint density at radius 2 is 2.12 bits per heavy atom. The minimum Gasteiger partial charge on any atom is -0.396 e. The smallest absolute Gasteiger partial charge is 0.237 e. The summed E-state index contributed by atoms with van der Waals surface area (Å²) in [6.07, 6.45) is 14.0. The Labute approximate surface area is 197 Å². The zero-order valence-electron chi connectivity index (χ0n) is 19.9. The molecule has 2 rings (SSSR count). The summed E-state index contributed by atoms with van der Waals surface area (Å²) in [6, 6.07) is 3.88. The van der Waals surface area contributed by atoms with Crippen molar-refractivity contribution in [1.29, 1.82) is 5.26 Å². The number of hydrogen-bond acceptors (Lipinski definition) is 6. The van der Waals surface area contributed by atoms with Gasteiger partial charge in [-0.2, -0.15) is 5.26 Å². The molecule has 33 heavy (non-hydrogen) atoms. The third-order valence-corrected chi connectivity index (χ3v) is 5.67. The predicted octanol–water partition coefficient (Wildman–Crippen LogP) is 4.55. The maximum atomic E-state index is 11.9. The lowest BCUT2D eigenvalue weighted by Crippen LogP contribution is -2.34. The summed E-state index contributed by atoms with van der Waals surface area (Å²) in [5.74, 6) is 0.672. The SMILES string of the molecule is C=C/C(=C\C=C(/CCC)N(C)c1cc(N(C)C=C)c(N)cn1)C1=CCN(C(=O)CC#N)CC1.